The highest BCUT2D eigenvalue weighted by Gasteiger charge is 2.15. The summed E-state index contributed by atoms with van der Waals surface area (Å²) in [6.07, 6.45) is 1.79. The second-order valence-corrected chi connectivity index (χ2v) is 6.37. The highest BCUT2D eigenvalue weighted by Crippen LogP contribution is 2.32. The summed E-state index contributed by atoms with van der Waals surface area (Å²) < 4.78 is 16.2. The van der Waals surface area contributed by atoms with Crippen LogP contribution in [0, 0.1) is 0 Å². The summed E-state index contributed by atoms with van der Waals surface area (Å²) in [5.74, 6) is 2.03. The van der Waals surface area contributed by atoms with Crippen molar-refractivity contribution in [3.63, 3.8) is 0 Å². The van der Waals surface area contributed by atoms with Gasteiger partial charge in [0, 0.05) is 32.4 Å². The Balaban J connectivity index is 1.49. The minimum Gasteiger partial charge on any atom is -0.475 e. The molecule has 0 fully saturated rings. The summed E-state index contributed by atoms with van der Waals surface area (Å²) in [6, 6.07) is 9.21. The molecule has 1 aromatic carbocycles. The number of ether oxygens (including phenoxy) is 3. The fourth-order valence-corrected chi connectivity index (χ4v) is 2.52. The molecule has 0 radical (unpaired) electrons. The molecule has 2 amide bonds. The zero-order chi connectivity index (χ0) is 18.5. The van der Waals surface area contributed by atoms with Crippen molar-refractivity contribution in [2.24, 2.45) is 0 Å². The van der Waals surface area contributed by atoms with Gasteiger partial charge < -0.3 is 24.4 Å². The molecule has 3 rings (SSSR count). The number of rotatable bonds is 6. The van der Waals surface area contributed by atoms with Crippen molar-refractivity contribution in [2.45, 2.75) is 33.0 Å². The predicted molar refractivity (Wildman–Crippen MR) is 96.3 cm³/mol. The summed E-state index contributed by atoms with van der Waals surface area (Å²) in [7, 11) is 1.75. The Kier molecular flexibility index (Phi) is 5.46. The molecule has 7 nitrogen and oxygen atoms in total. The Labute approximate surface area is 152 Å². The first-order valence-electron chi connectivity index (χ1n) is 8.50. The highest BCUT2D eigenvalue weighted by molar-refractivity contribution is 5.73. The number of nitrogens with one attached hydrogen (secondary N) is 1. The largest absolute Gasteiger partial charge is 0.475 e. The maximum atomic E-state index is 12.3. The molecule has 0 atom stereocenters. The number of urea groups is 1. The van der Waals surface area contributed by atoms with Crippen molar-refractivity contribution in [3.8, 4) is 17.4 Å². The summed E-state index contributed by atoms with van der Waals surface area (Å²) in [5, 5.41) is 2.88. The number of carbonyl (C=O) groups excluding carboxylic acids is 1. The van der Waals surface area contributed by atoms with Crippen LogP contribution in [-0.4, -0.2) is 35.9 Å². The molecule has 1 aliphatic rings. The van der Waals surface area contributed by atoms with Crippen LogP contribution in [0.15, 0.2) is 36.5 Å². The predicted octanol–water partition coefficient (Wildman–Crippen LogP) is 2.94. The van der Waals surface area contributed by atoms with E-state index in [1.807, 2.05) is 38.1 Å². The number of carbonyl (C=O) groups is 1. The SMILES string of the molecule is CC(C)Oc1ccc(CNC(=O)N(C)Cc2ccc3c(c2)OCO3)cn1. The lowest BCUT2D eigenvalue weighted by molar-refractivity contribution is 0.174. The average Bonchev–Trinajstić information content (AvgIpc) is 3.08. The Morgan fingerprint density at radius 3 is 2.73 bits per heavy atom. The summed E-state index contributed by atoms with van der Waals surface area (Å²) in [6.45, 7) is 5.02. The van der Waals surface area contributed by atoms with Crippen LogP contribution in [0.5, 0.6) is 17.4 Å². The molecule has 138 valence electrons. The molecule has 0 aliphatic carbocycles. The minimum atomic E-state index is -0.162. The van der Waals surface area contributed by atoms with Crippen LogP contribution in [-0.2, 0) is 13.1 Å². The summed E-state index contributed by atoms with van der Waals surface area (Å²) >= 11 is 0. The van der Waals surface area contributed by atoms with Gasteiger partial charge in [0.15, 0.2) is 11.5 Å². The number of amides is 2. The van der Waals surface area contributed by atoms with Crippen molar-refractivity contribution in [1.82, 2.24) is 15.2 Å². The third-order valence-electron chi connectivity index (χ3n) is 3.80. The van der Waals surface area contributed by atoms with E-state index in [1.54, 1.807) is 24.2 Å². The highest BCUT2D eigenvalue weighted by atomic mass is 16.7. The topological polar surface area (TPSA) is 72.9 Å². The smallest absolute Gasteiger partial charge is 0.317 e. The third kappa shape index (κ3) is 4.56. The minimum absolute atomic E-state index is 0.0814. The zero-order valence-electron chi connectivity index (χ0n) is 15.2. The normalized spacial score (nSPS) is 12.2. The zero-order valence-corrected chi connectivity index (χ0v) is 15.2. The lowest BCUT2D eigenvalue weighted by Gasteiger charge is -2.18. The van der Waals surface area contributed by atoms with Gasteiger partial charge in [0.05, 0.1) is 6.10 Å². The molecule has 0 saturated carbocycles. The Hall–Kier alpha value is -2.96. The van der Waals surface area contributed by atoms with Crippen LogP contribution in [0.1, 0.15) is 25.0 Å². The van der Waals surface area contributed by atoms with Gasteiger partial charge in [-0.15, -0.1) is 0 Å². The Morgan fingerprint density at radius 2 is 2.00 bits per heavy atom. The van der Waals surface area contributed by atoms with Gasteiger partial charge in [-0.2, -0.15) is 0 Å². The number of nitrogens with zero attached hydrogens (tertiary/aromatic N) is 2. The van der Waals surface area contributed by atoms with E-state index in [1.165, 1.54) is 0 Å². The number of hydrogen-bond donors (Lipinski definition) is 1. The quantitative estimate of drug-likeness (QED) is 0.860. The number of aromatic nitrogens is 1. The lowest BCUT2D eigenvalue weighted by atomic mass is 10.2. The van der Waals surface area contributed by atoms with Crippen molar-refractivity contribution >= 4 is 6.03 Å². The van der Waals surface area contributed by atoms with Crippen LogP contribution >= 0.6 is 0 Å². The van der Waals surface area contributed by atoms with Crippen molar-refractivity contribution in [3.05, 3.63) is 47.7 Å². The van der Waals surface area contributed by atoms with Crippen LogP contribution in [0.2, 0.25) is 0 Å². The van der Waals surface area contributed by atoms with E-state index in [2.05, 4.69) is 10.3 Å². The molecule has 0 unspecified atom stereocenters. The summed E-state index contributed by atoms with van der Waals surface area (Å²) in [5.41, 5.74) is 1.88. The number of fused-ring (bicyclic) bond motifs is 1. The molecular weight excluding hydrogens is 334 g/mol. The monoisotopic (exact) mass is 357 g/mol. The van der Waals surface area contributed by atoms with Crippen LogP contribution in [0.25, 0.3) is 0 Å². The van der Waals surface area contributed by atoms with E-state index in [0.717, 1.165) is 16.9 Å². The van der Waals surface area contributed by atoms with Gasteiger partial charge >= 0.3 is 6.03 Å². The van der Waals surface area contributed by atoms with Crippen molar-refractivity contribution < 1.29 is 19.0 Å². The van der Waals surface area contributed by atoms with Gasteiger partial charge in [-0.1, -0.05) is 12.1 Å². The van der Waals surface area contributed by atoms with Crippen molar-refractivity contribution in [1.29, 1.82) is 0 Å². The molecule has 1 aliphatic heterocycles. The van der Waals surface area contributed by atoms with Gasteiger partial charge in [-0.05, 0) is 37.1 Å². The van der Waals surface area contributed by atoms with Gasteiger partial charge in [0.25, 0.3) is 0 Å². The number of benzene rings is 1. The van der Waals surface area contributed by atoms with E-state index in [9.17, 15) is 4.79 Å². The molecule has 1 aromatic heterocycles. The van der Waals surface area contributed by atoms with E-state index in [-0.39, 0.29) is 18.9 Å². The van der Waals surface area contributed by atoms with E-state index < -0.39 is 0 Å². The number of hydrogen-bond acceptors (Lipinski definition) is 5. The van der Waals surface area contributed by atoms with Crippen LogP contribution in [0.3, 0.4) is 0 Å². The van der Waals surface area contributed by atoms with E-state index >= 15 is 0 Å². The van der Waals surface area contributed by atoms with E-state index in [0.29, 0.717) is 24.7 Å². The van der Waals surface area contributed by atoms with Crippen LogP contribution in [0.4, 0.5) is 4.79 Å². The summed E-state index contributed by atoms with van der Waals surface area (Å²) in [4.78, 5) is 18.1. The van der Waals surface area contributed by atoms with Crippen LogP contribution < -0.4 is 19.5 Å². The molecule has 2 heterocycles. The van der Waals surface area contributed by atoms with Gasteiger partial charge in [0.2, 0.25) is 12.7 Å². The maximum Gasteiger partial charge on any atom is 0.317 e. The molecule has 7 heteroatoms. The molecule has 2 aromatic rings. The second-order valence-electron chi connectivity index (χ2n) is 6.37. The first kappa shape index (κ1) is 17.8. The number of pyridine rings is 1. The molecular formula is C19H23N3O4. The molecule has 0 bridgehead atoms. The molecule has 0 saturated heterocycles. The first-order chi connectivity index (χ1) is 12.5. The molecule has 26 heavy (non-hydrogen) atoms. The fraction of sp³-hybridized carbons (Fsp3) is 0.368. The third-order valence-corrected chi connectivity index (χ3v) is 3.80. The van der Waals surface area contributed by atoms with Crippen molar-refractivity contribution in [2.75, 3.05) is 13.8 Å². The lowest BCUT2D eigenvalue weighted by Crippen LogP contribution is -2.36. The first-order valence-corrected chi connectivity index (χ1v) is 8.50. The van der Waals surface area contributed by atoms with Gasteiger partial charge in [0.1, 0.15) is 0 Å². The molecule has 0 spiro atoms. The fourth-order valence-electron chi connectivity index (χ4n) is 2.52. The average molecular weight is 357 g/mol. The van der Waals surface area contributed by atoms with E-state index in [4.69, 9.17) is 14.2 Å². The second kappa shape index (κ2) is 7.95. The maximum absolute atomic E-state index is 12.3. The Morgan fingerprint density at radius 1 is 1.23 bits per heavy atom. The molecule has 1 N–H and O–H groups in total. The van der Waals surface area contributed by atoms with Gasteiger partial charge in [-0.3, -0.25) is 0 Å². The standard InChI is InChI=1S/C19H23N3O4/c1-13(2)26-18-7-5-15(9-20-18)10-21-19(23)22(3)11-14-4-6-16-17(8-14)25-12-24-16/h4-9,13H,10-12H2,1-3H3,(H,21,23). The Bertz CT molecular complexity index is 762. The van der Waals surface area contributed by atoms with Gasteiger partial charge in [-0.25, -0.2) is 9.78 Å².